The molecule has 2 rings (SSSR count). The Labute approximate surface area is 128 Å². The van der Waals surface area contributed by atoms with E-state index in [0.717, 1.165) is 21.6 Å². The van der Waals surface area contributed by atoms with Gasteiger partial charge in [-0.15, -0.1) is 0 Å². The summed E-state index contributed by atoms with van der Waals surface area (Å²) >= 11 is 9.67. The van der Waals surface area contributed by atoms with Crippen LogP contribution in [0, 0.1) is 6.92 Å². The van der Waals surface area contributed by atoms with Gasteiger partial charge in [-0.05, 0) is 48.7 Å². The predicted octanol–water partition coefficient (Wildman–Crippen LogP) is 5.26. The van der Waals surface area contributed by atoms with Crippen molar-refractivity contribution >= 4 is 27.5 Å². The summed E-state index contributed by atoms with van der Waals surface area (Å²) in [5.41, 5.74) is 3.74. The van der Waals surface area contributed by atoms with Crippen molar-refractivity contribution in [1.82, 2.24) is 5.32 Å². The lowest BCUT2D eigenvalue weighted by Gasteiger charge is -2.17. The molecule has 0 radical (unpaired) electrons. The Hall–Kier alpha value is -0.830. The van der Waals surface area contributed by atoms with E-state index in [0.29, 0.717) is 6.04 Å². The molecule has 1 atom stereocenters. The highest BCUT2D eigenvalue weighted by atomic mass is 79.9. The van der Waals surface area contributed by atoms with Crippen LogP contribution >= 0.6 is 27.5 Å². The Bertz CT molecular complexity index is 568. The second-order valence-electron chi connectivity index (χ2n) is 4.69. The van der Waals surface area contributed by atoms with Gasteiger partial charge in [0.15, 0.2) is 0 Å². The van der Waals surface area contributed by atoms with E-state index in [9.17, 15) is 0 Å². The van der Waals surface area contributed by atoms with Gasteiger partial charge in [-0.2, -0.15) is 0 Å². The zero-order chi connectivity index (χ0) is 13.8. The van der Waals surface area contributed by atoms with Crippen molar-refractivity contribution in [2.75, 3.05) is 0 Å². The molecular formula is C16H17BrClN. The molecule has 0 saturated carbocycles. The standard InChI is InChI=1S/C16H17BrClN/c1-11-5-3-4-6-15(11)12(2)19-10-13-9-14(17)7-8-16(13)18/h3-9,12,19H,10H2,1-2H3. The molecule has 0 aliphatic heterocycles. The van der Waals surface area contributed by atoms with Crippen LogP contribution in [0.25, 0.3) is 0 Å². The molecule has 3 heteroatoms. The molecule has 0 spiro atoms. The molecule has 1 unspecified atom stereocenters. The molecule has 0 aromatic heterocycles. The number of halogens is 2. The second kappa shape index (κ2) is 6.56. The fraction of sp³-hybridized carbons (Fsp3) is 0.250. The fourth-order valence-electron chi connectivity index (χ4n) is 2.12. The summed E-state index contributed by atoms with van der Waals surface area (Å²) in [5, 5.41) is 4.32. The van der Waals surface area contributed by atoms with Crippen molar-refractivity contribution < 1.29 is 0 Å². The molecule has 0 saturated heterocycles. The van der Waals surface area contributed by atoms with Gasteiger partial charge < -0.3 is 5.32 Å². The third kappa shape index (κ3) is 3.82. The summed E-state index contributed by atoms with van der Waals surface area (Å²) in [7, 11) is 0. The van der Waals surface area contributed by atoms with Gasteiger partial charge in [0.2, 0.25) is 0 Å². The summed E-state index contributed by atoms with van der Waals surface area (Å²) in [5.74, 6) is 0. The average molecular weight is 339 g/mol. The van der Waals surface area contributed by atoms with Crippen LogP contribution < -0.4 is 5.32 Å². The van der Waals surface area contributed by atoms with E-state index in [4.69, 9.17) is 11.6 Å². The average Bonchev–Trinajstić information content (AvgIpc) is 2.40. The number of benzene rings is 2. The van der Waals surface area contributed by atoms with Crippen LogP contribution in [0.2, 0.25) is 5.02 Å². The topological polar surface area (TPSA) is 12.0 Å². The van der Waals surface area contributed by atoms with Crippen LogP contribution in [0.3, 0.4) is 0 Å². The zero-order valence-corrected chi connectivity index (χ0v) is 13.4. The molecule has 2 aromatic rings. The zero-order valence-electron chi connectivity index (χ0n) is 11.1. The summed E-state index contributed by atoms with van der Waals surface area (Å²) in [6.45, 7) is 5.07. The maximum Gasteiger partial charge on any atom is 0.0451 e. The van der Waals surface area contributed by atoms with E-state index >= 15 is 0 Å². The van der Waals surface area contributed by atoms with Crippen LogP contribution in [0.4, 0.5) is 0 Å². The molecule has 1 N–H and O–H groups in total. The van der Waals surface area contributed by atoms with Crippen LogP contribution in [0.5, 0.6) is 0 Å². The third-order valence-electron chi connectivity index (χ3n) is 3.26. The Morgan fingerprint density at radius 3 is 2.68 bits per heavy atom. The summed E-state index contributed by atoms with van der Waals surface area (Å²) in [6.07, 6.45) is 0. The van der Waals surface area contributed by atoms with Crippen LogP contribution in [-0.4, -0.2) is 0 Å². The minimum absolute atomic E-state index is 0.302. The number of hydrogen-bond donors (Lipinski definition) is 1. The van der Waals surface area contributed by atoms with Crippen LogP contribution in [0.1, 0.15) is 29.7 Å². The number of rotatable bonds is 4. The van der Waals surface area contributed by atoms with Crippen molar-refractivity contribution in [1.29, 1.82) is 0 Å². The van der Waals surface area contributed by atoms with Crippen LogP contribution in [-0.2, 0) is 6.54 Å². The molecule has 0 fully saturated rings. The highest BCUT2D eigenvalue weighted by molar-refractivity contribution is 9.10. The first kappa shape index (κ1) is 14.6. The van der Waals surface area contributed by atoms with Gasteiger partial charge in [0.05, 0.1) is 0 Å². The molecule has 2 aromatic carbocycles. The largest absolute Gasteiger partial charge is 0.306 e. The van der Waals surface area contributed by atoms with Gasteiger partial charge in [0.1, 0.15) is 0 Å². The molecule has 1 nitrogen and oxygen atoms in total. The molecule has 19 heavy (non-hydrogen) atoms. The van der Waals surface area contributed by atoms with E-state index < -0.39 is 0 Å². The SMILES string of the molecule is Cc1ccccc1C(C)NCc1cc(Br)ccc1Cl. The number of hydrogen-bond acceptors (Lipinski definition) is 1. The lowest BCUT2D eigenvalue weighted by Crippen LogP contribution is -2.19. The minimum Gasteiger partial charge on any atom is -0.306 e. The van der Waals surface area contributed by atoms with Gasteiger partial charge in [-0.3, -0.25) is 0 Å². The predicted molar refractivity (Wildman–Crippen MR) is 85.6 cm³/mol. The molecule has 0 bridgehead atoms. The maximum atomic E-state index is 6.20. The first-order valence-corrected chi connectivity index (χ1v) is 7.48. The van der Waals surface area contributed by atoms with Crippen LogP contribution in [0.15, 0.2) is 46.9 Å². The highest BCUT2D eigenvalue weighted by Crippen LogP contribution is 2.22. The maximum absolute atomic E-state index is 6.20. The van der Waals surface area contributed by atoms with E-state index in [1.807, 2.05) is 12.1 Å². The van der Waals surface area contributed by atoms with Crippen molar-refractivity contribution in [3.05, 3.63) is 68.7 Å². The lowest BCUT2D eigenvalue weighted by molar-refractivity contribution is 0.572. The normalized spacial score (nSPS) is 12.4. The van der Waals surface area contributed by atoms with Gasteiger partial charge >= 0.3 is 0 Å². The monoisotopic (exact) mass is 337 g/mol. The Kier molecular flexibility index (Phi) is 5.03. The minimum atomic E-state index is 0.302. The molecule has 0 aliphatic rings. The van der Waals surface area contributed by atoms with Gasteiger partial charge in [-0.1, -0.05) is 51.8 Å². The van der Waals surface area contributed by atoms with E-state index in [1.165, 1.54) is 11.1 Å². The summed E-state index contributed by atoms with van der Waals surface area (Å²) in [6, 6.07) is 14.7. The Balaban J connectivity index is 2.06. The Morgan fingerprint density at radius 1 is 1.21 bits per heavy atom. The van der Waals surface area contributed by atoms with Crippen molar-refractivity contribution in [3.63, 3.8) is 0 Å². The molecular weight excluding hydrogens is 322 g/mol. The smallest absolute Gasteiger partial charge is 0.0451 e. The van der Waals surface area contributed by atoms with Gasteiger partial charge in [0, 0.05) is 22.1 Å². The van der Waals surface area contributed by atoms with E-state index in [-0.39, 0.29) is 0 Å². The molecule has 0 aliphatic carbocycles. The van der Waals surface area contributed by atoms with Crippen molar-refractivity contribution in [3.8, 4) is 0 Å². The fourth-order valence-corrected chi connectivity index (χ4v) is 2.72. The summed E-state index contributed by atoms with van der Waals surface area (Å²) in [4.78, 5) is 0. The van der Waals surface area contributed by atoms with Crippen molar-refractivity contribution in [2.45, 2.75) is 26.4 Å². The second-order valence-corrected chi connectivity index (χ2v) is 6.02. The third-order valence-corrected chi connectivity index (χ3v) is 4.12. The quantitative estimate of drug-likeness (QED) is 0.801. The lowest BCUT2D eigenvalue weighted by atomic mass is 10.0. The molecule has 0 amide bonds. The highest BCUT2D eigenvalue weighted by Gasteiger charge is 2.08. The number of aryl methyl sites for hydroxylation is 1. The van der Waals surface area contributed by atoms with E-state index in [2.05, 4.69) is 65.4 Å². The van der Waals surface area contributed by atoms with Gasteiger partial charge in [-0.25, -0.2) is 0 Å². The van der Waals surface area contributed by atoms with Crippen molar-refractivity contribution in [2.24, 2.45) is 0 Å². The van der Waals surface area contributed by atoms with E-state index in [1.54, 1.807) is 0 Å². The summed E-state index contributed by atoms with van der Waals surface area (Å²) < 4.78 is 1.05. The first-order chi connectivity index (χ1) is 9.08. The Morgan fingerprint density at radius 2 is 1.95 bits per heavy atom. The molecule has 100 valence electrons. The number of nitrogens with one attached hydrogen (secondary N) is 1. The van der Waals surface area contributed by atoms with Gasteiger partial charge in [0.25, 0.3) is 0 Å². The molecule has 0 heterocycles. The first-order valence-electron chi connectivity index (χ1n) is 6.31.